The normalized spacial score (nSPS) is 16.6. The summed E-state index contributed by atoms with van der Waals surface area (Å²) in [6, 6.07) is 5.01. The molecule has 1 aliphatic heterocycles. The number of hydrogen-bond donors (Lipinski definition) is 0. The Bertz CT molecular complexity index is 339. The Hall–Kier alpha value is -0.790. The first-order chi connectivity index (χ1) is 5.79. The molecule has 12 heavy (non-hydrogen) atoms. The highest BCUT2D eigenvalue weighted by Gasteiger charge is 2.23. The summed E-state index contributed by atoms with van der Waals surface area (Å²) in [4.78, 5) is 11.1. The number of benzene rings is 1. The molecule has 0 unspecified atom stereocenters. The monoisotopic (exact) mass is 201 g/mol. The Balaban J connectivity index is 2.60. The molecule has 1 aromatic rings. The third-order valence-electron chi connectivity index (χ3n) is 1.44. The summed E-state index contributed by atoms with van der Waals surface area (Å²) in [5.41, 5.74) is 0.304. The van der Waals surface area contributed by atoms with E-state index in [2.05, 4.69) is 4.52 Å². The molecular formula is C7H3ClO3P. The third kappa shape index (κ3) is 1.15. The SMILES string of the molecule is O=C1O[P]Oc2cccc(Cl)c21. The van der Waals surface area contributed by atoms with Crippen molar-refractivity contribution in [2.75, 3.05) is 0 Å². The molecule has 5 heteroatoms. The quantitative estimate of drug-likeness (QED) is 0.606. The van der Waals surface area contributed by atoms with Crippen molar-refractivity contribution in [3.63, 3.8) is 0 Å². The van der Waals surface area contributed by atoms with Gasteiger partial charge in [-0.25, -0.2) is 4.79 Å². The number of rotatable bonds is 0. The molecule has 0 saturated carbocycles. The molecule has 0 atom stereocenters. The smallest absolute Gasteiger partial charge is 0.407 e. The first-order valence-electron chi connectivity index (χ1n) is 3.16. The van der Waals surface area contributed by atoms with E-state index in [1.165, 1.54) is 0 Å². The van der Waals surface area contributed by atoms with E-state index in [1.54, 1.807) is 18.2 Å². The molecule has 1 heterocycles. The van der Waals surface area contributed by atoms with Crippen molar-refractivity contribution in [2.45, 2.75) is 0 Å². The van der Waals surface area contributed by atoms with Gasteiger partial charge >= 0.3 is 15.0 Å². The molecule has 0 N–H and O–H groups in total. The minimum Gasteiger partial charge on any atom is -0.430 e. The fourth-order valence-electron chi connectivity index (χ4n) is 0.917. The van der Waals surface area contributed by atoms with Crippen LogP contribution in [0.3, 0.4) is 0 Å². The molecule has 2 rings (SSSR count). The molecular weight excluding hydrogens is 199 g/mol. The van der Waals surface area contributed by atoms with Crippen LogP contribution in [0.4, 0.5) is 0 Å². The zero-order valence-corrected chi connectivity index (χ0v) is 7.43. The molecule has 0 saturated heterocycles. The van der Waals surface area contributed by atoms with E-state index >= 15 is 0 Å². The second kappa shape index (κ2) is 2.92. The molecule has 1 radical (unpaired) electrons. The van der Waals surface area contributed by atoms with Gasteiger partial charge in [0, 0.05) is 0 Å². The molecule has 0 bridgehead atoms. The van der Waals surface area contributed by atoms with Gasteiger partial charge in [0.15, 0.2) is 0 Å². The van der Waals surface area contributed by atoms with Crippen LogP contribution in [0.1, 0.15) is 10.4 Å². The fraction of sp³-hybridized carbons (Fsp3) is 0. The summed E-state index contributed by atoms with van der Waals surface area (Å²) in [6.07, 6.45) is 0. The summed E-state index contributed by atoms with van der Waals surface area (Å²) in [7, 11) is 0.192. The van der Waals surface area contributed by atoms with Gasteiger partial charge < -0.3 is 9.05 Å². The van der Waals surface area contributed by atoms with Crippen LogP contribution in [0.15, 0.2) is 18.2 Å². The van der Waals surface area contributed by atoms with Crippen LogP contribution >= 0.6 is 20.6 Å². The number of halogens is 1. The van der Waals surface area contributed by atoms with Gasteiger partial charge in [-0.2, -0.15) is 0 Å². The second-order valence-electron chi connectivity index (χ2n) is 2.16. The molecule has 3 nitrogen and oxygen atoms in total. The predicted molar refractivity (Wildman–Crippen MR) is 44.4 cm³/mol. The molecule has 0 aliphatic carbocycles. The Kier molecular flexibility index (Phi) is 1.91. The van der Waals surface area contributed by atoms with Crippen LogP contribution < -0.4 is 4.52 Å². The van der Waals surface area contributed by atoms with Gasteiger partial charge in [-0.1, -0.05) is 17.7 Å². The average molecular weight is 202 g/mol. The van der Waals surface area contributed by atoms with Crippen LogP contribution in [-0.2, 0) is 4.52 Å². The largest absolute Gasteiger partial charge is 0.430 e. The zero-order valence-electron chi connectivity index (χ0n) is 5.78. The number of carbonyl (C=O) groups is 1. The summed E-state index contributed by atoms with van der Waals surface area (Å²) in [5.74, 6) is 0.0314. The van der Waals surface area contributed by atoms with E-state index in [0.717, 1.165) is 0 Å². The number of hydrogen-bond acceptors (Lipinski definition) is 3. The summed E-state index contributed by atoms with van der Waals surface area (Å²) in [5, 5.41) is 0.354. The van der Waals surface area contributed by atoms with Crippen molar-refractivity contribution in [3.8, 4) is 5.75 Å². The van der Waals surface area contributed by atoms with Crippen LogP contribution in [-0.4, -0.2) is 5.97 Å². The number of carbonyl (C=O) groups excluding carboxylic acids is 1. The van der Waals surface area contributed by atoms with Gasteiger partial charge in [-0.05, 0) is 12.1 Å². The van der Waals surface area contributed by atoms with E-state index in [4.69, 9.17) is 16.1 Å². The molecule has 1 aromatic carbocycles. The molecule has 61 valence electrons. The lowest BCUT2D eigenvalue weighted by Gasteiger charge is -2.14. The van der Waals surface area contributed by atoms with Crippen molar-refractivity contribution >= 4 is 26.6 Å². The Labute approximate surface area is 75.6 Å². The van der Waals surface area contributed by atoms with E-state index in [9.17, 15) is 4.79 Å². The van der Waals surface area contributed by atoms with Crippen molar-refractivity contribution in [2.24, 2.45) is 0 Å². The van der Waals surface area contributed by atoms with E-state index in [1.807, 2.05) is 0 Å². The maximum Gasteiger partial charge on any atom is 0.407 e. The first kappa shape index (κ1) is 7.84. The molecule has 0 aromatic heterocycles. The minimum atomic E-state index is -0.441. The van der Waals surface area contributed by atoms with Gasteiger partial charge in [-0.3, -0.25) is 0 Å². The Morgan fingerprint density at radius 3 is 2.92 bits per heavy atom. The Morgan fingerprint density at radius 1 is 1.33 bits per heavy atom. The molecule has 0 fully saturated rings. The van der Waals surface area contributed by atoms with Gasteiger partial charge in [-0.15, -0.1) is 0 Å². The summed E-state index contributed by atoms with van der Waals surface area (Å²) < 4.78 is 9.63. The van der Waals surface area contributed by atoms with Crippen LogP contribution in [0.25, 0.3) is 0 Å². The molecule has 1 aliphatic rings. The van der Waals surface area contributed by atoms with Crippen LogP contribution in [0, 0.1) is 0 Å². The highest BCUT2D eigenvalue weighted by atomic mass is 35.5. The Morgan fingerprint density at radius 2 is 2.17 bits per heavy atom. The third-order valence-corrected chi connectivity index (χ3v) is 2.26. The fourth-order valence-corrected chi connectivity index (χ4v) is 1.59. The van der Waals surface area contributed by atoms with Crippen LogP contribution in [0.5, 0.6) is 5.75 Å². The lowest BCUT2D eigenvalue weighted by atomic mass is 10.2. The molecule has 0 spiro atoms. The highest BCUT2D eigenvalue weighted by Crippen LogP contribution is 2.36. The van der Waals surface area contributed by atoms with Crippen molar-refractivity contribution in [3.05, 3.63) is 28.8 Å². The van der Waals surface area contributed by atoms with Gasteiger partial charge in [0.05, 0.1) is 5.02 Å². The molecule has 0 amide bonds. The lowest BCUT2D eigenvalue weighted by molar-refractivity contribution is 0.0732. The van der Waals surface area contributed by atoms with Gasteiger partial charge in [0.1, 0.15) is 11.3 Å². The minimum absolute atomic E-state index is 0.192. The lowest BCUT2D eigenvalue weighted by Crippen LogP contribution is -2.07. The van der Waals surface area contributed by atoms with E-state index in [-0.39, 0.29) is 9.03 Å². The first-order valence-corrected chi connectivity index (χ1v) is 4.27. The number of fused-ring (bicyclic) bond motifs is 1. The van der Waals surface area contributed by atoms with Crippen molar-refractivity contribution in [1.82, 2.24) is 0 Å². The van der Waals surface area contributed by atoms with E-state index < -0.39 is 5.97 Å². The topological polar surface area (TPSA) is 35.5 Å². The maximum atomic E-state index is 11.1. The summed E-state index contributed by atoms with van der Waals surface area (Å²) in [6.45, 7) is 0. The highest BCUT2D eigenvalue weighted by molar-refractivity contribution is 7.27. The van der Waals surface area contributed by atoms with Crippen LogP contribution in [0.2, 0.25) is 5.02 Å². The summed E-state index contributed by atoms with van der Waals surface area (Å²) >= 11 is 5.75. The zero-order chi connectivity index (χ0) is 8.55. The second-order valence-corrected chi connectivity index (χ2v) is 3.08. The van der Waals surface area contributed by atoms with E-state index in [0.29, 0.717) is 16.3 Å². The van der Waals surface area contributed by atoms with Gasteiger partial charge in [0.2, 0.25) is 0 Å². The van der Waals surface area contributed by atoms with Crippen molar-refractivity contribution in [1.29, 1.82) is 0 Å². The maximum absolute atomic E-state index is 11.1. The standard InChI is InChI=1S/C7H3ClO3P/c8-4-2-1-3-5-6(4)7(9)11-12-10-5/h1-3H. The van der Waals surface area contributed by atoms with Crippen molar-refractivity contribution < 1.29 is 13.8 Å². The average Bonchev–Trinajstić information content (AvgIpc) is 2.04. The van der Waals surface area contributed by atoms with Gasteiger partial charge in [0.25, 0.3) is 0 Å². The predicted octanol–water partition coefficient (Wildman–Crippen LogP) is 2.67.